The summed E-state index contributed by atoms with van der Waals surface area (Å²) in [6.07, 6.45) is -6.82. The van der Waals surface area contributed by atoms with Crippen molar-refractivity contribution in [1.82, 2.24) is 39.0 Å². The minimum atomic E-state index is -5.29. The summed E-state index contributed by atoms with van der Waals surface area (Å²) in [5.74, 6) is -1.38. The Bertz CT molecular complexity index is 3120. The molecule has 4 aromatic heterocycles. The number of imidazole rings is 2. The zero-order valence-electron chi connectivity index (χ0n) is 35.2. The summed E-state index contributed by atoms with van der Waals surface area (Å²) in [7, 11) is -5.29. The Balaban J connectivity index is 0.997. The van der Waals surface area contributed by atoms with E-state index >= 15 is 4.39 Å². The first kappa shape index (κ1) is 47.4. The van der Waals surface area contributed by atoms with Gasteiger partial charge in [0.15, 0.2) is 46.8 Å². The van der Waals surface area contributed by atoms with Crippen LogP contribution in [0.2, 0.25) is 10.0 Å². The Morgan fingerprint density at radius 3 is 2.53 bits per heavy atom. The normalized spacial score (nSPS) is 30.5. The maximum atomic E-state index is 16.8. The van der Waals surface area contributed by atoms with Crippen molar-refractivity contribution in [3.05, 3.63) is 99.0 Å². The lowest BCUT2D eigenvalue weighted by Crippen LogP contribution is -2.45. The van der Waals surface area contributed by atoms with E-state index in [-0.39, 0.29) is 46.5 Å². The number of aromatic nitrogens is 8. The molecule has 68 heavy (non-hydrogen) atoms. The lowest BCUT2D eigenvalue weighted by molar-refractivity contribution is -0.184. The van der Waals surface area contributed by atoms with Gasteiger partial charge in [0.2, 0.25) is 17.5 Å². The molecule has 4 bridgehead atoms. The SMILES string of the molecule is CC(C)C(=O)Nc1nc2c(ncn2[C@@H]2O[C@@H]3COP(=S)(SCc4ccc(Cl)cc4Cl)O[C@H]4[C@H]5OC[C@]4(COP(=O)(O)O[C@@H]2[C@H]3F)O[C@H]5n2cnc3c(NC(=O)c4ccccc4)ncnc32)c(=O)[nH]1. The number of rotatable bonds is 9. The van der Waals surface area contributed by atoms with Crippen LogP contribution in [0.5, 0.6) is 0 Å². The molecule has 10 rings (SSSR count). The molecule has 4 fully saturated rings. The maximum Gasteiger partial charge on any atom is 0.472 e. The molecule has 0 saturated carbocycles. The van der Waals surface area contributed by atoms with Gasteiger partial charge in [0.25, 0.3) is 11.5 Å². The number of aromatic amines is 1. The second-order valence-electron chi connectivity index (χ2n) is 16.2. The Morgan fingerprint density at radius 2 is 1.76 bits per heavy atom. The highest BCUT2D eigenvalue weighted by molar-refractivity contribution is 8.67. The lowest BCUT2D eigenvalue weighted by atomic mass is 10.0. The predicted octanol–water partition coefficient (Wildman–Crippen LogP) is 6.09. The minimum Gasteiger partial charge on any atom is -0.367 e. The number of hydrogen-bond donors (Lipinski definition) is 4. The number of nitrogens with one attached hydrogen (secondary N) is 3. The summed E-state index contributed by atoms with van der Waals surface area (Å²) in [5.41, 5.74) is -5.14. The second kappa shape index (κ2) is 18.5. The molecule has 22 nitrogen and oxygen atoms in total. The number of alkyl halides is 1. The first-order valence-electron chi connectivity index (χ1n) is 20.6. The van der Waals surface area contributed by atoms with Crippen molar-refractivity contribution in [3.8, 4) is 0 Å². The van der Waals surface area contributed by atoms with Crippen LogP contribution in [0, 0.1) is 5.92 Å². The molecule has 4 N–H and O–H groups in total. The molecule has 2 amide bonds. The Labute approximate surface area is 402 Å². The van der Waals surface area contributed by atoms with Gasteiger partial charge >= 0.3 is 7.82 Å². The molecular formula is C39H37Cl2FN10O12P2S2. The maximum absolute atomic E-state index is 16.8. The van der Waals surface area contributed by atoms with E-state index in [4.69, 9.17) is 67.3 Å². The van der Waals surface area contributed by atoms with Crippen LogP contribution < -0.4 is 16.2 Å². The number of carbonyl (C=O) groups is 2. The van der Waals surface area contributed by atoms with Gasteiger partial charge in [-0.3, -0.25) is 42.9 Å². The van der Waals surface area contributed by atoms with Gasteiger partial charge in [-0.25, -0.2) is 28.9 Å². The number of nitrogens with zero attached hydrogens (tertiary/aromatic N) is 7. The fraction of sp³-hybridized carbons (Fsp3) is 0.385. The summed E-state index contributed by atoms with van der Waals surface area (Å²) in [6, 6.07) is 13.4. The summed E-state index contributed by atoms with van der Waals surface area (Å²) in [5, 5.41) is 6.00. The number of halogens is 3. The molecule has 0 aliphatic carbocycles. The predicted molar refractivity (Wildman–Crippen MR) is 246 cm³/mol. The van der Waals surface area contributed by atoms with Gasteiger partial charge in [-0.05, 0) is 41.6 Å². The van der Waals surface area contributed by atoms with Crippen LogP contribution >= 0.6 is 48.1 Å². The number of amides is 2. The molecule has 29 heteroatoms. The number of H-pyrrole nitrogens is 1. The van der Waals surface area contributed by atoms with Crippen molar-refractivity contribution in [2.75, 3.05) is 30.5 Å². The molecule has 10 atom stereocenters. The van der Waals surface area contributed by atoms with Gasteiger partial charge in [0, 0.05) is 27.3 Å². The van der Waals surface area contributed by atoms with Crippen molar-refractivity contribution < 1.29 is 55.7 Å². The summed E-state index contributed by atoms with van der Waals surface area (Å²) in [6.45, 7) is 1.71. The Hall–Kier alpha value is -4.30. The average Bonchev–Trinajstić information content (AvgIpc) is 4.13. The minimum absolute atomic E-state index is 0.109. The van der Waals surface area contributed by atoms with Crippen LogP contribution in [0.15, 0.2) is 72.3 Å². The van der Waals surface area contributed by atoms with Crippen LogP contribution in [-0.2, 0) is 59.2 Å². The van der Waals surface area contributed by atoms with Gasteiger partial charge in [-0.15, -0.1) is 0 Å². The van der Waals surface area contributed by atoms with Crippen molar-refractivity contribution >= 4 is 106 Å². The fourth-order valence-corrected chi connectivity index (χ4v) is 13.8. The highest BCUT2D eigenvalue weighted by Gasteiger charge is 2.66. The average molecular weight is 1050 g/mol. The first-order valence-corrected chi connectivity index (χ1v) is 27.1. The molecule has 358 valence electrons. The first-order chi connectivity index (χ1) is 32.5. The third kappa shape index (κ3) is 9.03. The lowest BCUT2D eigenvalue weighted by Gasteiger charge is -2.33. The molecule has 2 aromatic carbocycles. The van der Waals surface area contributed by atoms with Crippen molar-refractivity contribution in [1.29, 1.82) is 0 Å². The van der Waals surface area contributed by atoms with E-state index in [0.29, 0.717) is 21.2 Å². The van der Waals surface area contributed by atoms with E-state index < -0.39 is 98.7 Å². The molecule has 8 heterocycles. The van der Waals surface area contributed by atoms with Crippen LogP contribution in [0.3, 0.4) is 0 Å². The van der Waals surface area contributed by atoms with E-state index in [1.165, 1.54) is 17.2 Å². The van der Waals surface area contributed by atoms with E-state index in [2.05, 4.69) is 40.5 Å². The van der Waals surface area contributed by atoms with Crippen molar-refractivity contribution in [2.24, 2.45) is 5.92 Å². The number of phosphoric acid groups is 1. The number of ether oxygens (including phenoxy) is 3. The van der Waals surface area contributed by atoms with Gasteiger partial charge in [-0.2, -0.15) is 4.98 Å². The topological polar surface area (TPSA) is 267 Å². The molecule has 4 saturated heterocycles. The number of benzene rings is 2. The quantitative estimate of drug-likeness (QED) is 0.119. The van der Waals surface area contributed by atoms with Crippen molar-refractivity contribution in [3.63, 3.8) is 0 Å². The third-order valence-electron chi connectivity index (χ3n) is 11.4. The van der Waals surface area contributed by atoms with Gasteiger partial charge in [0.1, 0.15) is 36.3 Å². The smallest absolute Gasteiger partial charge is 0.367 e. The zero-order chi connectivity index (χ0) is 47.7. The molecular weight excluding hydrogens is 1020 g/mol. The summed E-state index contributed by atoms with van der Waals surface area (Å²) in [4.78, 5) is 74.2. The number of hydrogen-bond acceptors (Lipinski definition) is 18. The third-order valence-corrected chi connectivity index (χ3v) is 18.1. The molecule has 4 aliphatic heterocycles. The van der Waals surface area contributed by atoms with Crippen LogP contribution in [0.4, 0.5) is 16.2 Å². The number of carbonyl (C=O) groups excluding carboxylic acids is 2. The van der Waals surface area contributed by atoms with E-state index in [0.717, 1.165) is 22.3 Å². The molecule has 0 spiro atoms. The number of phosphoric ester groups is 1. The van der Waals surface area contributed by atoms with E-state index in [1.54, 1.807) is 62.4 Å². The Morgan fingerprint density at radius 1 is 1.00 bits per heavy atom. The number of anilines is 2. The molecule has 4 aliphatic rings. The van der Waals surface area contributed by atoms with Crippen molar-refractivity contribution in [2.45, 2.75) is 68.2 Å². The van der Waals surface area contributed by atoms with Gasteiger partial charge in [0.05, 0.1) is 32.5 Å². The molecule has 6 aromatic rings. The van der Waals surface area contributed by atoms with E-state index in [1.807, 2.05) is 0 Å². The van der Waals surface area contributed by atoms with Gasteiger partial charge in [-0.1, -0.05) is 72.7 Å². The largest absolute Gasteiger partial charge is 0.472 e. The second-order valence-corrected chi connectivity index (χ2v) is 24.7. The highest BCUT2D eigenvalue weighted by atomic mass is 35.5. The monoisotopic (exact) mass is 1050 g/mol. The van der Waals surface area contributed by atoms with Crippen LogP contribution in [-0.4, -0.2) is 112 Å². The summed E-state index contributed by atoms with van der Waals surface area (Å²) < 4.78 is 77.2. The summed E-state index contributed by atoms with van der Waals surface area (Å²) >= 11 is 20.0. The van der Waals surface area contributed by atoms with E-state index in [9.17, 15) is 23.8 Å². The Kier molecular flexibility index (Phi) is 12.9. The zero-order valence-corrected chi connectivity index (χ0v) is 40.1. The standard InChI is InChI=1S/C39H37Cl2FN10O12P2S2/c1-18(2)33(53)49-38-48-32-26(35(55)50-38)46-17-52(32)36-27-24(42)23(61-36)11-59-66(67,68-12-20-8-9-21(40)10-22(20)41)64-29-28-37(62-39(29,13-58-28)14-60-65(56,57)63-27)51-16-45-25-30(43-15-44-31(25)51)47-34(54)19-6-4-3-5-7-19/h3-10,15-18,23-24,27-29,36-37H,11-14H2,1-2H3,(H,56,57)(H,43,44,47,54)(H2,48,49,50,53,55)/t23-,24+,27-,28-,29+,36-,37-,39-,66?/m1/s1. The molecule has 2 unspecified atom stereocenters. The van der Waals surface area contributed by atoms with Crippen LogP contribution in [0.25, 0.3) is 22.3 Å². The number of fused-ring (bicyclic) bond motifs is 4. The highest BCUT2D eigenvalue weighted by Crippen LogP contribution is 2.67. The van der Waals surface area contributed by atoms with Crippen LogP contribution in [0.1, 0.15) is 42.2 Å². The van der Waals surface area contributed by atoms with Gasteiger partial charge < -0.3 is 33.5 Å². The fourth-order valence-electron chi connectivity index (χ4n) is 7.94. The molecule has 0 radical (unpaired) electrons.